The summed E-state index contributed by atoms with van der Waals surface area (Å²) in [5.41, 5.74) is 5.52. The number of hydrogen-bond donors (Lipinski definition) is 1. The van der Waals surface area contributed by atoms with Crippen LogP contribution in [-0.2, 0) is 24.2 Å². The predicted molar refractivity (Wildman–Crippen MR) is 114 cm³/mol. The van der Waals surface area contributed by atoms with E-state index in [0.717, 1.165) is 29.7 Å². The molecule has 0 heterocycles. The molecule has 0 atom stereocenters. The lowest BCUT2D eigenvalue weighted by atomic mass is 10.0. The van der Waals surface area contributed by atoms with Crippen LogP contribution in [0.2, 0.25) is 0 Å². The second-order valence-electron chi connectivity index (χ2n) is 7.01. The minimum atomic E-state index is -0.00349. The molecule has 0 saturated heterocycles. The van der Waals surface area contributed by atoms with Crippen LogP contribution >= 0.6 is 0 Å². The number of carbonyl (C=O) groups is 1. The van der Waals surface area contributed by atoms with Crippen molar-refractivity contribution in [2.24, 2.45) is 0 Å². The van der Waals surface area contributed by atoms with Gasteiger partial charge in [-0.15, -0.1) is 0 Å². The van der Waals surface area contributed by atoms with Crippen LogP contribution < -0.4 is 14.8 Å². The normalized spacial score (nSPS) is 10.8. The average molecular weight is 385 g/mol. The Morgan fingerprint density at radius 1 is 1.00 bits per heavy atom. The number of nitrogens with zero attached hydrogens (tertiary/aromatic N) is 1. The van der Waals surface area contributed by atoms with Crippen LogP contribution in [0.15, 0.2) is 30.3 Å². The van der Waals surface area contributed by atoms with Crippen molar-refractivity contribution >= 4 is 11.6 Å². The first-order valence-electron chi connectivity index (χ1n) is 9.74. The number of aryl methyl sites for hydroxylation is 3. The summed E-state index contributed by atoms with van der Waals surface area (Å²) < 4.78 is 10.8. The highest BCUT2D eigenvalue weighted by molar-refractivity contribution is 5.93. The van der Waals surface area contributed by atoms with Crippen LogP contribution in [0.5, 0.6) is 11.5 Å². The van der Waals surface area contributed by atoms with Crippen LogP contribution in [0, 0.1) is 6.92 Å². The maximum atomic E-state index is 12.7. The topological polar surface area (TPSA) is 50.8 Å². The summed E-state index contributed by atoms with van der Waals surface area (Å²) in [5, 5.41) is 3.13. The van der Waals surface area contributed by atoms with Crippen LogP contribution in [0.4, 0.5) is 5.69 Å². The maximum absolute atomic E-state index is 12.7. The molecule has 2 aromatic carbocycles. The molecule has 0 aromatic heterocycles. The van der Waals surface area contributed by atoms with Crippen molar-refractivity contribution in [1.82, 2.24) is 4.90 Å². The molecule has 1 amide bonds. The molecule has 0 spiro atoms. The van der Waals surface area contributed by atoms with Gasteiger partial charge in [0.2, 0.25) is 5.91 Å². The van der Waals surface area contributed by atoms with E-state index in [0.29, 0.717) is 24.6 Å². The summed E-state index contributed by atoms with van der Waals surface area (Å²) in [4.78, 5) is 14.7. The number of amides is 1. The van der Waals surface area contributed by atoms with Crippen molar-refractivity contribution in [3.63, 3.8) is 0 Å². The molecular weight excluding hydrogens is 352 g/mol. The molecule has 0 radical (unpaired) electrons. The number of nitrogens with one attached hydrogen (secondary N) is 1. The highest BCUT2D eigenvalue weighted by Crippen LogP contribution is 2.30. The molecule has 1 N–H and O–H groups in total. The summed E-state index contributed by atoms with van der Waals surface area (Å²) in [6.07, 6.45) is 1.79. The Labute approximate surface area is 168 Å². The first kappa shape index (κ1) is 21.8. The van der Waals surface area contributed by atoms with Crippen LogP contribution in [0.3, 0.4) is 0 Å². The fraction of sp³-hybridized carbons (Fsp3) is 0.435. The Hall–Kier alpha value is -2.53. The smallest absolute Gasteiger partial charge is 0.238 e. The van der Waals surface area contributed by atoms with Crippen LogP contribution in [0.25, 0.3) is 0 Å². The van der Waals surface area contributed by atoms with Crippen molar-refractivity contribution in [2.75, 3.05) is 33.1 Å². The summed E-state index contributed by atoms with van der Waals surface area (Å²) in [7, 11) is 5.21. The molecule has 152 valence electrons. The number of methoxy groups -OCH3 is 2. The number of benzene rings is 2. The maximum Gasteiger partial charge on any atom is 0.238 e. The molecule has 0 unspecified atom stereocenters. The first-order chi connectivity index (χ1) is 13.4. The highest BCUT2D eigenvalue weighted by atomic mass is 16.5. The molecule has 5 nitrogen and oxygen atoms in total. The summed E-state index contributed by atoms with van der Waals surface area (Å²) in [6, 6.07) is 10.1. The van der Waals surface area contributed by atoms with Gasteiger partial charge in [-0.25, -0.2) is 0 Å². The van der Waals surface area contributed by atoms with E-state index in [1.807, 2.05) is 31.0 Å². The largest absolute Gasteiger partial charge is 0.493 e. The first-order valence-corrected chi connectivity index (χ1v) is 9.74. The molecule has 5 heteroatoms. The number of ether oxygens (including phenoxy) is 2. The zero-order chi connectivity index (χ0) is 20.7. The summed E-state index contributed by atoms with van der Waals surface area (Å²) >= 11 is 0. The van der Waals surface area contributed by atoms with Crippen molar-refractivity contribution in [3.05, 3.63) is 52.6 Å². The Morgan fingerprint density at radius 2 is 1.57 bits per heavy atom. The van der Waals surface area contributed by atoms with E-state index in [1.54, 1.807) is 14.2 Å². The monoisotopic (exact) mass is 384 g/mol. The van der Waals surface area contributed by atoms with Gasteiger partial charge in [0.15, 0.2) is 11.5 Å². The predicted octanol–water partition coefficient (Wildman–Crippen LogP) is 4.21. The minimum absolute atomic E-state index is 0.00349. The zero-order valence-electron chi connectivity index (χ0n) is 17.9. The molecule has 0 saturated carbocycles. The molecule has 0 aliphatic carbocycles. The number of anilines is 1. The van der Waals surface area contributed by atoms with Gasteiger partial charge in [0.25, 0.3) is 0 Å². The van der Waals surface area contributed by atoms with E-state index in [9.17, 15) is 4.79 Å². The van der Waals surface area contributed by atoms with Gasteiger partial charge >= 0.3 is 0 Å². The highest BCUT2D eigenvalue weighted by Gasteiger charge is 2.14. The SMILES string of the molecule is CCc1cccc(CC)c1NC(=O)CN(C)Cc1cc(OC)c(OC)cc1C. The molecule has 28 heavy (non-hydrogen) atoms. The van der Waals surface area contributed by atoms with Crippen molar-refractivity contribution < 1.29 is 14.3 Å². The fourth-order valence-corrected chi connectivity index (χ4v) is 3.37. The van der Waals surface area contributed by atoms with Gasteiger partial charge in [-0.2, -0.15) is 0 Å². The summed E-state index contributed by atoms with van der Waals surface area (Å²) in [5.74, 6) is 1.41. The molecule has 0 fully saturated rings. The molecule has 0 aliphatic heterocycles. The second-order valence-corrected chi connectivity index (χ2v) is 7.01. The lowest BCUT2D eigenvalue weighted by Crippen LogP contribution is -2.30. The van der Waals surface area contributed by atoms with E-state index < -0.39 is 0 Å². The van der Waals surface area contributed by atoms with Gasteiger partial charge in [-0.1, -0.05) is 32.0 Å². The van der Waals surface area contributed by atoms with E-state index in [1.165, 1.54) is 11.1 Å². The van der Waals surface area contributed by atoms with Crippen molar-refractivity contribution in [1.29, 1.82) is 0 Å². The van der Waals surface area contributed by atoms with E-state index in [-0.39, 0.29) is 5.91 Å². The summed E-state index contributed by atoms with van der Waals surface area (Å²) in [6.45, 7) is 7.22. The van der Waals surface area contributed by atoms with E-state index in [4.69, 9.17) is 9.47 Å². The standard InChI is InChI=1S/C23H32N2O3/c1-7-17-10-9-11-18(8-2)23(17)24-22(26)15-25(4)14-19-13-21(28-6)20(27-5)12-16(19)3/h9-13H,7-8,14-15H2,1-6H3,(H,24,26). The quantitative estimate of drug-likeness (QED) is 0.704. The van der Waals surface area contributed by atoms with Crippen molar-refractivity contribution in [3.8, 4) is 11.5 Å². The molecule has 2 rings (SSSR count). The third kappa shape index (κ3) is 5.26. The number of rotatable bonds is 9. The number of hydrogen-bond acceptors (Lipinski definition) is 4. The Bertz CT molecular complexity index is 795. The Kier molecular flexibility index (Phi) is 7.88. The van der Waals surface area contributed by atoms with Crippen molar-refractivity contribution in [2.45, 2.75) is 40.2 Å². The Balaban J connectivity index is 2.08. The number of likely N-dealkylation sites (N-methyl/N-ethyl adjacent to an activating group) is 1. The average Bonchev–Trinajstić information content (AvgIpc) is 2.69. The van der Waals surface area contributed by atoms with Crippen LogP contribution in [0.1, 0.15) is 36.1 Å². The van der Waals surface area contributed by atoms with E-state index >= 15 is 0 Å². The van der Waals surface area contributed by atoms with Gasteiger partial charge in [-0.05, 0) is 61.2 Å². The van der Waals surface area contributed by atoms with Gasteiger partial charge in [0.05, 0.1) is 20.8 Å². The van der Waals surface area contributed by atoms with E-state index in [2.05, 4.69) is 37.4 Å². The fourth-order valence-electron chi connectivity index (χ4n) is 3.37. The number of carbonyl (C=O) groups excluding carboxylic acids is 1. The second kappa shape index (κ2) is 10.1. The lowest BCUT2D eigenvalue weighted by Gasteiger charge is -2.20. The third-order valence-corrected chi connectivity index (χ3v) is 4.96. The van der Waals surface area contributed by atoms with Crippen LogP contribution in [-0.4, -0.2) is 38.6 Å². The molecule has 0 aliphatic rings. The molecular formula is C23H32N2O3. The zero-order valence-corrected chi connectivity index (χ0v) is 17.9. The number of para-hydroxylation sites is 1. The van der Waals surface area contributed by atoms with Gasteiger partial charge < -0.3 is 14.8 Å². The third-order valence-electron chi connectivity index (χ3n) is 4.96. The van der Waals surface area contributed by atoms with Gasteiger partial charge in [0.1, 0.15) is 0 Å². The molecule has 0 bridgehead atoms. The van der Waals surface area contributed by atoms with Gasteiger partial charge in [-0.3, -0.25) is 9.69 Å². The van der Waals surface area contributed by atoms with Gasteiger partial charge in [0, 0.05) is 12.2 Å². The lowest BCUT2D eigenvalue weighted by molar-refractivity contribution is -0.117. The minimum Gasteiger partial charge on any atom is -0.493 e. The Morgan fingerprint density at radius 3 is 2.11 bits per heavy atom. The molecule has 2 aromatic rings.